The predicted molar refractivity (Wildman–Crippen MR) is 111 cm³/mol. The number of aromatic nitrogens is 2. The summed E-state index contributed by atoms with van der Waals surface area (Å²) >= 11 is 1.64. The molecule has 2 aromatic heterocycles. The Morgan fingerprint density at radius 3 is 2.70 bits per heavy atom. The van der Waals surface area contributed by atoms with Gasteiger partial charge in [0.1, 0.15) is 0 Å². The van der Waals surface area contributed by atoms with E-state index in [9.17, 15) is 4.79 Å². The Morgan fingerprint density at radius 2 is 1.89 bits per heavy atom. The molecule has 132 valence electrons. The third-order valence-electron chi connectivity index (χ3n) is 4.25. The molecule has 2 aromatic carbocycles. The standard InChI is InChI=1S/C22H17N3OS/c1-27-17-8-4-7-16(12-17)24-22(26)19-13-21(15-6-5-11-23-14-15)25-20-10-3-2-9-18(19)20/h2-14H,1H3,(H,24,26). The zero-order chi connectivity index (χ0) is 18.6. The highest BCUT2D eigenvalue weighted by Crippen LogP contribution is 2.26. The monoisotopic (exact) mass is 371 g/mol. The number of benzene rings is 2. The minimum Gasteiger partial charge on any atom is -0.322 e. The quantitative estimate of drug-likeness (QED) is 0.497. The van der Waals surface area contributed by atoms with Gasteiger partial charge in [0.05, 0.1) is 16.8 Å². The van der Waals surface area contributed by atoms with Gasteiger partial charge in [0, 0.05) is 33.9 Å². The van der Waals surface area contributed by atoms with Gasteiger partial charge in [0.15, 0.2) is 0 Å². The minimum absolute atomic E-state index is 0.156. The maximum Gasteiger partial charge on any atom is 0.256 e. The molecule has 0 aliphatic rings. The SMILES string of the molecule is CSc1cccc(NC(=O)c2cc(-c3cccnc3)nc3ccccc23)c1. The summed E-state index contributed by atoms with van der Waals surface area (Å²) in [6.45, 7) is 0. The lowest BCUT2D eigenvalue weighted by Gasteiger charge is -2.11. The smallest absolute Gasteiger partial charge is 0.256 e. The van der Waals surface area contributed by atoms with E-state index in [4.69, 9.17) is 4.98 Å². The van der Waals surface area contributed by atoms with Gasteiger partial charge >= 0.3 is 0 Å². The predicted octanol–water partition coefficient (Wildman–Crippen LogP) is 5.27. The molecule has 1 amide bonds. The van der Waals surface area contributed by atoms with Crippen LogP contribution in [0.4, 0.5) is 5.69 Å². The molecule has 27 heavy (non-hydrogen) atoms. The van der Waals surface area contributed by atoms with Gasteiger partial charge in [0.25, 0.3) is 5.91 Å². The van der Waals surface area contributed by atoms with E-state index in [1.807, 2.05) is 73.0 Å². The highest BCUT2D eigenvalue weighted by molar-refractivity contribution is 7.98. The Morgan fingerprint density at radius 1 is 1.00 bits per heavy atom. The van der Waals surface area contributed by atoms with Crippen LogP contribution in [0.5, 0.6) is 0 Å². The first-order chi connectivity index (χ1) is 13.2. The molecule has 0 saturated carbocycles. The van der Waals surface area contributed by atoms with Crippen molar-refractivity contribution in [3.8, 4) is 11.3 Å². The van der Waals surface area contributed by atoms with Crippen LogP contribution in [0.2, 0.25) is 0 Å². The van der Waals surface area contributed by atoms with Crippen molar-refractivity contribution in [2.75, 3.05) is 11.6 Å². The summed E-state index contributed by atoms with van der Waals surface area (Å²) < 4.78 is 0. The molecule has 0 saturated heterocycles. The summed E-state index contributed by atoms with van der Waals surface area (Å²) in [7, 11) is 0. The van der Waals surface area contributed by atoms with Crippen LogP contribution in [0.1, 0.15) is 10.4 Å². The molecule has 0 radical (unpaired) electrons. The van der Waals surface area contributed by atoms with Crippen molar-refractivity contribution in [1.82, 2.24) is 9.97 Å². The van der Waals surface area contributed by atoms with Crippen LogP contribution in [-0.4, -0.2) is 22.1 Å². The third kappa shape index (κ3) is 3.68. The van der Waals surface area contributed by atoms with E-state index < -0.39 is 0 Å². The number of anilines is 1. The zero-order valence-corrected chi connectivity index (χ0v) is 15.5. The van der Waals surface area contributed by atoms with E-state index in [0.29, 0.717) is 5.56 Å². The lowest BCUT2D eigenvalue weighted by Crippen LogP contribution is -2.13. The zero-order valence-electron chi connectivity index (χ0n) is 14.7. The molecule has 0 fully saturated rings. The van der Waals surface area contributed by atoms with Crippen molar-refractivity contribution in [2.45, 2.75) is 4.90 Å². The number of nitrogens with zero attached hydrogens (tertiary/aromatic N) is 2. The second kappa shape index (κ2) is 7.60. The molecule has 4 nitrogen and oxygen atoms in total. The highest BCUT2D eigenvalue weighted by atomic mass is 32.2. The van der Waals surface area contributed by atoms with E-state index >= 15 is 0 Å². The fraction of sp³-hybridized carbons (Fsp3) is 0.0455. The van der Waals surface area contributed by atoms with Gasteiger partial charge in [-0.3, -0.25) is 9.78 Å². The van der Waals surface area contributed by atoms with Crippen LogP contribution < -0.4 is 5.32 Å². The fourth-order valence-electron chi connectivity index (χ4n) is 2.92. The largest absolute Gasteiger partial charge is 0.322 e. The van der Waals surface area contributed by atoms with Gasteiger partial charge in [0.2, 0.25) is 0 Å². The number of carbonyl (C=O) groups is 1. The second-order valence-corrected chi connectivity index (χ2v) is 6.88. The van der Waals surface area contributed by atoms with Crippen molar-refractivity contribution in [2.24, 2.45) is 0 Å². The first-order valence-electron chi connectivity index (χ1n) is 8.50. The summed E-state index contributed by atoms with van der Waals surface area (Å²) in [5, 5.41) is 3.83. The number of pyridine rings is 2. The molecule has 2 heterocycles. The maximum atomic E-state index is 13.0. The van der Waals surface area contributed by atoms with Crippen molar-refractivity contribution in [3.05, 3.63) is 84.7 Å². The summed E-state index contributed by atoms with van der Waals surface area (Å²) in [6, 6.07) is 21.1. The maximum absolute atomic E-state index is 13.0. The molecule has 0 bridgehead atoms. The van der Waals surface area contributed by atoms with Crippen molar-refractivity contribution in [3.63, 3.8) is 0 Å². The van der Waals surface area contributed by atoms with Gasteiger partial charge in [-0.15, -0.1) is 11.8 Å². The van der Waals surface area contributed by atoms with Gasteiger partial charge in [-0.2, -0.15) is 0 Å². The summed E-state index contributed by atoms with van der Waals surface area (Å²) in [4.78, 5) is 23.0. The summed E-state index contributed by atoms with van der Waals surface area (Å²) in [5.74, 6) is -0.156. The van der Waals surface area contributed by atoms with E-state index in [-0.39, 0.29) is 5.91 Å². The van der Waals surface area contributed by atoms with Crippen LogP contribution in [0.3, 0.4) is 0 Å². The van der Waals surface area contributed by atoms with Gasteiger partial charge in [-0.05, 0) is 48.7 Å². The molecule has 0 aliphatic carbocycles. The number of amides is 1. The van der Waals surface area contributed by atoms with Crippen molar-refractivity contribution in [1.29, 1.82) is 0 Å². The Bertz CT molecular complexity index is 1110. The third-order valence-corrected chi connectivity index (χ3v) is 4.97. The molecule has 0 atom stereocenters. The van der Waals surface area contributed by atoms with Crippen LogP contribution in [0.15, 0.2) is 84.0 Å². The van der Waals surface area contributed by atoms with Gasteiger partial charge in [-0.1, -0.05) is 24.3 Å². The molecule has 1 N–H and O–H groups in total. The molecule has 5 heteroatoms. The van der Waals surface area contributed by atoms with E-state index in [1.54, 1.807) is 24.2 Å². The fourth-order valence-corrected chi connectivity index (χ4v) is 3.38. The van der Waals surface area contributed by atoms with Crippen LogP contribution in [0, 0.1) is 0 Å². The average Bonchev–Trinajstić information content (AvgIpc) is 2.73. The Kier molecular flexibility index (Phi) is 4.85. The molecule has 4 aromatic rings. The Labute approximate surface area is 161 Å². The highest BCUT2D eigenvalue weighted by Gasteiger charge is 2.14. The van der Waals surface area contributed by atoms with Crippen LogP contribution in [-0.2, 0) is 0 Å². The number of fused-ring (bicyclic) bond motifs is 1. The molecule has 0 aliphatic heterocycles. The normalized spacial score (nSPS) is 10.7. The van der Waals surface area contributed by atoms with Gasteiger partial charge < -0.3 is 5.32 Å². The topological polar surface area (TPSA) is 54.9 Å². The summed E-state index contributed by atoms with van der Waals surface area (Å²) in [5.41, 5.74) is 3.75. The second-order valence-electron chi connectivity index (χ2n) is 6.00. The van der Waals surface area contributed by atoms with Crippen molar-refractivity contribution >= 4 is 34.3 Å². The van der Waals surface area contributed by atoms with Gasteiger partial charge in [-0.25, -0.2) is 4.98 Å². The lowest BCUT2D eigenvalue weighted by atomic mass is 10.0. The number of hydrogen-bond donors (Lipinski definition) is 1. The summed E-state index contributed by atoms with van der Waals surface area (Å²) in [6.07, 6.45) is 5.48. The number of rotatable bonds is 4. The molecule has 0 unspecified atom stereocenters. The van der Waals surface area contributed by atoms with Crippen LogP contribution >= 0.6 is 11.8 Å². The average molecular weight is 371 g/mol. The molecule has 0 spiro atoms. The number of hydrogen-bond acceptors (Lipinski definition) is 4. The number of nitrogens with one attached hydrogen (secondary N) is 1. The van der Waals surface area contributed by atoms with E-state index in [1.165, 1.54) is 0 Å². The first kappa shape index (κ1) is 17.2. The van der Waals surface area contributed by atoms with E-state index in [0.717, 1.165) is 32.7 Å². The molecule has 4 rings (SSSR count). The lowest BCUT2D eigenvalue weighted by molar-refractivity contribution is 0.102. The molecular weight excluding hydrogens is 354 g/mol. The first-order valence-corrected chi connectivity index (χ1v) is 9.72. The Hall–Kier alpha value is -3.18. The van der Waals surface area contributed by atoms with E-state index in [2.05, 4.69) is 10.3 Å². The minimum atomic E-state index is -0.156. The van der Waals surface area contributed by atoms with Crippen LogP contribution in [0.25, 0.3) is 22.2 Å². The number of thioether (sulfide) groups is 1. The number of para-hydroxylation sites is 1. The Balaban J connectivity index is 1.78. The van der Waals surface area contributed by atoms with Crippen molar-refractivity contribution < 1.29 is 4.79 Å². The molecular formula is C22H17N3OS. The number of carbonyl (C=O) groups excluding carboxylic acids is 1.